The number of rotatable bonds is 5. The third kappa shape index (κ3) is 3.15. The van der Waals surface area contributed by atoms with Crippen LogP contribution in [-0.2, 0) is 18.3 Å². The first-order valence-electron chi connectivity index (χ1n) is 7.74. The monoisotopic (exact) mass is 321 g/mol. The number of carbonyl (C=O) groups is 2. The first-order chi connectivity index (χ1) is 11.6. The molecule has 1 atom stereocenters. The van der Waals surface area contributed by atoms with E-state index in [1.54, 1.807) is 6.07 Å². The summed E-state index contributed by atoms with van der Waals surface area (Å²) in [6, 6.07) is 16.1. The van der Waals surface area contributed by atoms with Crippen LogP contribution in [0.25, 0.3) is 10.9 Å². The second-order valence-electron chi connectivity index (χ2n) is 5.78. The summed E-state index contributed by atoms with van der Waals surface area (Å²) in [5.74, 6) is -0.848. The van der Waals surface area contributed by atoms with Crippen LogP contribution in [0.3, 0.4) is 0 Å². The SMILES string of the molecule is Cn1ccc2c(C(=O)N[C@H](Cc3ccccc3)C(N)=O)cccc21. The molecule has 0 aliphatic rings. The molecule has 3 aromatic rings. The molecule has 1 heterocycles. The number of aryl methyl sites for hydroxylation is 1. The molecule has 2 amide bonds. The molecule has 0 spiro atoms. The van der Waals surface area contributed by atoms with Crippen LogP contribution in [0.1, 0.15) is 15.9 Å². The zero-order valence-electron chi connectivity index (χ0n) is 13.4. The fraction of sp³-hybridized carbons (Fsp3) is 0.158. The van der Waals surface area contributed by atoms with Crippen molar-refractivity contribution in [1.29, 1.82) is 0 Å². The van der Waals surface area contributed by atoms with E-state index in [9.17, 15) is 9.59 Å². The molecular weight excluding hydrogens is 302 g/mol. The van der Waals surface area contributed by atoms with Crippen LogP contribution < -0.4 is 11.1 Å². The molecule has 1 aromatic heterocycles. The van der Waals surface area contributed by atoms with Crippen molar-refractivity contribution in [1.82, 2.24) is 9.88 Å². The lowest BCUT2D eigenvalue weighted by molar-refractivity contribution is -0.119. The standard InChI is InChI=1S/C19H19N3O2/c1-22-11-10-14-15(8-5-9-17(14)22)19(24)21-16(18(20)23)12-13-6-3-2-4-7-13/h2-11,16H,12H2,1H3,(H2,20,23)(H,21,24)/t16-/m1/s1. The molecule has 0 aliphatic heterocycles. The van der Waals surface area contributed by atoms with E-state index >= 15 is 0 Å². The lowest BCUT2D eigenvalue weighted by atomic mass is 10.0. The molecule has 122 valence electrons. The van der Waals surface area contributed by atoms with Gasteiger partial charge in [0.2, 0.25) is 5.91 Å². The summed E-state index contributed by atoms with van der Waals surface area (Å²) >= 11 is 0. The lowest BCUT2D eigenvalue weighted by Crippen LogP contribution is -2.45. The highest BCUT2D eigenvalue weighted by Gasteiger charge is 2.20. The topological polar surface area (TPSA) is 77.1 Å². The third-order valence-corrected chi connectivity index (χ3v) is 4.10. The Labute approximate surface area is 140 Å². The Hall–Kier alpha value is -3.08. The average molecular weight is 321 g/mol. The van der Waals surface area contributed by atoms with Gasteiger partial charge in [0.25, 0.3) is 5.91 Å². The minimum atomic E-state index is -0.751. The molecule has 2 aromatic carbocycles. The number of hydrogen-bond donors (Lipinski definition) is 2. The van der Waals surface area contributed by atoms with Crippen LogP contribution in [-0.4, -0.2) is 22.4 Å². The van der Waals surface area contributed by atoms with E-state index in [0.717, 1.165) is 16.5 Å². The van der Waals surface area contributed by atoms with Gasteiger partial charge in [-0.05, 0) is 23.8 Å². The fourth-order valence-electron chi connectivity index (χ4n) is 2.81. The van der Waals surface area contributed by atoms with Gasteiger partial charge < -0.3 is 15.6 Å². The second kappa shape index (κ2) is 6.58. The Morgan fingerprint density at radius 2 is 1.83 bits per heavy atom. The van der Waals surface area contributed by atoms with Gasteiger partial charge in [0.1, 0.15) is 6.04 Å². The minimum absolute atomic E-state index is 0.300. The number of primary amides is 1. The van der Waals surface area contributed by atoms with Crippen LogP contribution in [0.4, 0.5) is 0 Å². The number of fused-ring (bicyclic) bond motifs is 1. The van der Waals surface area contributed by atoms with Gasteiger partial charge in [0.05, 0.1) is 0 Å². The number of aromatic nitrogens is 1. The molecule has 0 fully saturated rings. The predicted octanol–water partition coefficient (Wildman–Crippen LogP) is 2.00. The van der Waals surface area contributed by atoms with Gasteiger partial charge in [-0.15, -0.1) is 0 Å². The van der Waals surface area contributed by atoms with E-state index in [0.29, 0.717) is 12.0 Å². The van der Waals surface area contributed by atoms with Crippen molar-refractivity contribution in [2.45, 2.75) is 12.5 Å². The highest BCUT2D eigenvalue weighted by molar-refractivity contribution is 6.07. The molecule has 0 aliphatic carbocycles. The van der Waals surface area contributed by atoms with Crippen LogP contribution in [0, 0.1) is 0 Å². The predicted molar refractivity (Wildman–Crippen MR) is 93.5 cm³/mol. The zero-order valence-corrected chi connectivity index (χ0v) is 13.4. The van der Waals surface area contributed by atoms with Crippen molar-refractivity contribution >= 4 is 22.7 Å². The van der Waals surface area contributed by atoms with Crippen molar-refractivity contribution in [2.75, 3.05) is 0 Å². The molecule has 24 heavy (non-hydrogen) atoms. The van der Waals surface area contributed by atoms with Gasteiger partial charge in [-0.1, -0.05) is 36.4 Å². The molecule has 5 nitrogen and oxygen atoms in total. The molecule has 0 saturated carbocycles. The summed E-state index contributed by atoms with van der Waals surface area (Å²) in [4.78, 5) is 24.4. The maximum atomic E-state index is 12.6. The molecule has 5 heteroatoms. The highest BCUT2D eigenvalue weighted by Crippen LogP contribution is 2.19. The lowest BCUT2D eigenvalue weighted by Gasteiger charge is -2.16. The maximum absolute atomic E-state index is 12.6. The average Bonchev–Trinajstić information content (AvgIpc) is 2.96. The highest BCUT2D eigenvalue weighted by atomic mass is 16.2. The summed E-state index contributed by atoms with van der Waals surface area (Å²) in [6.45, 7) is 0. The van der Waals surface area contributed by atoms with E-state index in [4.69, 9.17) is 5.73 Å². The Morgan fingerprint density at radius 3 is 2.54 bits per heavy atom. The second-order valence-corrected chi connectivity index (χ2v) is 5.78. The third-order valence-electron chi connectivity index (χ3n) is 4.10. The van der Waals surface area contributed by atoms with E-state index in [1.807, 2.05) is 66.3 Å². The summed E-state index contributed by atoms with van der Waals surface area (Å²) in [7, 11) is 1.92. The largest absolute Gasteiger partial charge is 0.368 e. The molecule has 0 unspecified atom stereocenters. The summed E-state index contributed by atoms with van der Waals surface area (Å²) < 4.78 is 1.95. The normalized spacial score (nSPS) is 12.0. The fourth-order valence-corrected chi connectivity index (χ4v) is 2.81. The van der Waals surface area contributed by atoms with Crippen LogP contribution >= 0.6 is 0 Å². The van der Waals surface area contributed by atoms with Gasteiger partial charge in [-0.2, -0.15) is 0 Å². The van der Waals surface area contributed by atoms with Gasteiger partial charge in [0, 0.05) is 36.1 Å². The van der Waals surface area contributed by atoms with E-state index in [1.165, 1.54) is 0 Å². The van der Waals surface area contributed by atoms with E-state index in [-0.39, 0.29) is 5.91 Å². The number of nitrogens with one attached hydrogen (secondary N) is 1. The molecule has 3 rings (SSSR count). The molecule has 3 N–H and O–H groups in total. The quantitative estimate of drug-likeness (QED) is 0.754. The van der Waals surface area contributed by atoms with Gasteiger partial charge in [-0.25, -0.2) is 0 Å². The maximum Gasteiger partial charge on any atom is 0.252 e. The van der Waals surface area contributed by atoms with Crippen LogP contribution in [0.15, 0.2) is 60.8 Å². The number of nitrogens with two attached hydrogens (primary N) is 1. The zero-order chi connectivity index (χ0) is 17.1. The first kappa shape index (κ1) is 15.8. The molecule has 0 bridgehead atoms. The number of amides is 2. The molecular formula is C19H19N3O2. The van der Waals surface area contributed by atoms with Crippen molar-refractivity contribution in [3.8, 4) is 0 Å². The number of hydrogen-bond acceptors (Lipinski definition) is 2. The van der Waals surface area contributed by atoms with Gasteiger partial charge in [0.15, 0.2) is 0 Å². The number of carbonyl (C=O) groups excluding carboxylic acids is 2. The summed E-state index contributed by atoms with van der Waals surface area (Å²) in [6.07, 6.45) is 2.27. The Kier molecular flexibility index (Phi) is 4.33. The van der Waals surface area contributed by atoms with Gasteiger partial charge in [-0.3, -0.25) is 9.59 Å². The molecule has 0 saturated heterocycles. The van der Waals surface area contributed by atoms with E-state index in [2.05, 4.69) is 5.32 Å². The van der Waals surface area contributed by atoms with Crippen molar-refractivity contribution in [3.05, 3.63) is 71.9 Å². The molecule has 0 radical (unpaired) electrons. The van der Waals surface area contributed by atoms with E-state index < -0.39 is 11.9 Å². The number of nitrogens with zero attached hydrogens (tertiary/aromatic N) is 1. The van der Waals surface area contributed by atoms with Crippen molar-refractivity contribution < 1.29 is 9.59 Å². The summed E-state index contributed by atoms with van der Waals surface area (Å²) in [5, 5.41) is 3.61. The first-order valence-corrected chi connectivity index (χ1v) is 7.74. The minimum Gasteiger partial charge on any atom is -0.368 e. The Balaban J connectivity index is 1.84. The van der Waals surface area contributed by atoms with Crippen LogP contribution in [0.2, 0.25) is 0 Å². The smallest absolute Gasteiger partial charge is 0.252 e. The van der Waals surface area contributed by atoms with Gasteiger partial charge >= 0.3 is 0 Å². The van der Waals surface area contributed by atoms with Crippen molar-refractivity contribution in [3.63, 3.8) is 0 Å². The Bertz CT molecular complexity index is 884. The van der Waals surface area contributed by atoms with Crippen LogP contribution in [0.5, 0.6) is 0 Å². The van der Waals surface area contributed by atoms with Crippen molar-refractivity contribution in [2.24, 2.45) is 12.8 Å². The summed E-state index contributed by atoms with van der Waals surface area (Å²) in [5.41, 5.74) is 7.91. The Morgan fingerprint density at radius 1 is 1.08 bits per heavy atom. The number of benzene rings is 2.